The molecule has 19 heavy (non-hydrogen) atoms. The molecule has 2 aromatic heterocycles. The average molecular weight is 278 g/mol. The largest absolute Gasteiger partial charge is 0.378 e. The fraction of sp³-hybridized carbons (Fsp3) is 0.538. The molecule has 0 bridgehead atoms. The van der Waals surface area contributed by atoms with Gasteiger partial charge in [-0.2, -0.15) is 4.98 Å². The van der Waals surface area contributed by atoms with Gasteiger partial charge in [-0.05, 0) is 24.8 Å². The van der Waals surface area contributed by atoms with Crippen LogP contribution in [0.3, 0.4) is 0 Å². The highest BCUT2D eigenvalue weighted by atomic mass is 32.1. The Hall–Kier alpha value is -1.40. The number of nitrogens with one attached hydrogen (secondary N) is 2. The van der Waals surface area contributed by atoms with E-state index < -0.39 is 0 Å². The second kappa shape index (κ2) is 5.30. The number of aromatic nitrogens is 2. The van der Waals surface area contributed by atoms with E-state index in [0.717, 1.165) is 35.6 Å². The number of rotatable bonds is 4. The summed E-state index contributed by atoms with van der Waals surface area (Å²) in [6.07, 6.45) is 1.45. The molecule has 5 nitrogen and oxygen atoms in total. The van der Waals surface area contributed by atoms with Crippen molar-refractivity contribution < 1.29 is 4.74 Å². The number of ether oxygens (including phenoxy) is 1. The number of thiophene rings is 1. The van der Waals surface area contributed by atoms with Gasteiger partial charge in [0.1, 0.15) is 10.6 Å². The van der Waals surface area contributed by atoms with Crippen LogP contribution in [-0.2, 0) is 4.74 Å². The zero-order chi connectivity index (χ0) is 13.2. The third kappa shape index (κ3) is 2.50. The van der Waals surface area contributed by atoms with Gasteiger partial charge in [0.25, 0.3) is 0 Å². The average Bonchev–Trinajstić information content (AvgIpc) is 3.04. The van der Waals surface area contributed by atoms with Gasteiger partial charge >= 0.3 is 0 Å². The van der Waals surface area contributed by atoms with Crippen LogP contribution in [0.5, 0.6) is 0 Å². The summed E-state index contributed by atoms with van der Waals surface area (Å²) < 4.78 is 5.59. The van der Waals surface area contributed by atoms with Crippen molar-refractivity contribution >= 4 is 33.3 Å². The lowest BCUT2D eigenvalue weighted by Gasteiger charge is -2.15. The Morgan fingerprint density at radius 2 is 2.37 bits per heavy atom. The Kier molecular flexibility index (Phi) is 3.52. The molecule has 3 rings (SSSR count). The Labute approximate surface area is 116 Å². The first-order chi connectivity index (χ1) is 9.28. The predicted molar refractivity (Wildman–Crippen MR) is 79.0 cm³/mol. The lowest BCUT2D eigenvalue weighted by molar-refractivity contribution is 0.108. The van der Waals surface area contributed by atoms with Gasteiger partial charge in [-0.15, -0.1) is 11.3 Å². The molecule has 2 unspecified atom stereocenters. The van der Waals surface area contributed by atoms with E-state index in [9.17, 15) is 0 Å². The topological polar surface area (TPSA) is 59.1 Å². The highest BCUT2D eigenvalue weighted by Gasteiger charge is 2.24. The predicted octanol–water partition coefficient (Wildman–Crippen LogP) is 2.57. The summed E-state index contributed by atoms with van der Waals surface area (Å²) in [5.41, 5.74) is 0. The fourth-order valence-corrected chi connectivity index (χ4v) is 3.14. The molecule has 2 aromatic rings. The van der Waals surface area contributed by atoms with Crippen molar-refractivity contribution in [2.24, 2.45) is 5.92 Å². The second-order valence-electron chi connectivity index (χ2n) is 4.79. The maximum absolute atomic E-state index is 5.59. The molecule has 0 radical (unpaired) electrons. The van der Waals surface area contributed by atoms with Crippen LogP contribution in [0.4, 0.5) is 11.8 Å². The normalized spacial score (nSPS) is 22.8. The van der Waals surface area contributed by atoms with Crippen molar-refractivity contribution in [2.75, 3.05) is 30.8 Å². The number of hydrogen-bond donors (Lipinski definition) is 2. The van der Waals surface area contributed by atoms with Gasteiger partial charge in [0.15, 0.2) is 0 Å². The van der Waals surface area contributed by atoms with E-state index in [-0.39, 0.29) is 0 Å². The molecule has 1 fully saturated rings. The lowest BCUT2D eigenvalue weighted by Crippen LogP contribution is -2.21. The van der Waals surface area contributed by atoms with Crippen LogP contribution in [0, 0.1) is 5.92 Å². The van der Waals surface area contributed by atoms with Gasteiger partial charge in [-0.1, -0.05) is 0 Å². The standard InChI is InChI=1S/C13H18N4OS/c1-8-9(3-5-18-8)7-15-11-10-4-6-19-12(10)17-13(14-2)16-11/h4,6,8-9H,3,5,7H2,1-2H3,(H2,14,15,16,17). The third-order valence-electron chi connectivity index (χ3n) is 3.61. The Morgan fingerprint density at radius 3 is 3.11 bits per heavy atom. The minimum atomic E-state index is 0.330. The summed E-state index contributed by atoms with van der Waals surface area (Å²) in [5, 5.41) is 9.60. The van der Waals surface area contributed by atoms with Gasteiger partial charge in [0.05, 0.1) is 11.5 Å². The molecular weight excluding hydrogens is 260 g/mol. The molecule has 0 aromatic carbocycles. The van der Waals surface area contributed by atoms with Crippen LogP contribution in [0.1, 0.15) is 13.3 Å². The minimum absolute atomic E-state index is 0.330. The van der Waals surface area contributed by atoms with Crippen LogP contribution in [0.15, 0.2) is 11.4 Å². The maximum atomic E-state index is 5.59. The molecule has 1 aliphatic rings. The van der Waals surface area contributed by atoms with E-state index in [1.165, 1.54) is 0 Å². The van der Waals surface area contributed by atoms with Gasteiger partial charge < -0.3 is 15.4 Å². The molecule has 0 spiro atoms. The number of anilines is 2. The van der Waals surface area contributed by atoms with Crippen molar-refractivity contribution in [1.82, 2.24) is 9.97 Å². The molecule has 2 N–H and O–H groups in total. The van der Waals surface area contributed by atoms with Crippen molar-refractivity contribution in [2.45, 2.75) is 19.4 Å². The van der Waals surface area contributed by atoms with Crippen LogP contribution in [0.2, 0.25) is 0 Å². The summed E-state index contributed by atoms with van der Waals surface area (Å²) in [7, 11) is 1.84. The van der Waals surface area contributed by atoms with E-state index >= 15 is 0 Å². The highest BCUT2D eigenvalue weighted by molar-refractivity contribution is 7.16. The van der Waals surface area contributed by atoms with E-state index in [4.69, 9.17) is 4.74 Å². The Morgan fingerprint density at radius 1 is 1.47 bits per heavy atom. The molecule has 2 atom stereocenters. The Bertz CT molecular complexity index is 571. The lowest BCUT2D eigenvalue weighted by atomic mass is 10.0. The molecule has 0 amide bonds. The SMILES string of the molecule is CNc1nc(NCC2CCOC2C)c2ccsc2n1. The Balaban J connectivity index is 1.81. The number of nitrogens with zero attached hydrogens (tertiary/aromatic N) is 2. The van der Waals surface area contributed by atoms with Crippen LogP contribution >= 0.6 is 11.3 Å². The van der Waals surface area contributed by atoms with Gasteiger partial charge in [-0.25, -0.2) is 4.98 Å². The monoisotopic (exact) mass is 278 g/mol. The maximum Gasteiger partial charge on any atom is 0.225 e. The zero-order valence-corrected chi connectivity index (χ0v) is 12.0. The smallest absolute Gasteiger partial charge is 0.225 e. The molecule has 6 heteroatoms. The van der Waals surface area contributed by atoms with E-state index in [0.29, 0.717) is 18.0 Å². The van der Waals surface area contributed by atoms with Gasteiger partial charge in [0.2, 0.25) is 5.95 Å². The zero-order valence-electron chi connectivity index (χ0n) is 11.1. The van der Waals surface area contributed by atoms with E-state index in [1.807, 2.05) is 12.4 Å². The first-order valence-electron chi connectivity index (χ1n) is 6.56. The van der Waals surface area contributed by atoms with E-state index in [1.54, 1.807) is 11.3 Å². The van der Waals surface area contributed by atoms with Crippen LogP contribution in [-0.4, -0.2) is 36.3 Å². The van der Waals surface area contributed by atoms with Crippen molar-refractivity contribution in [1.29, 1.82) is 0 Å². The third-order valence-corrected chi connectivity index (χ3v) is 4.42. The summed E-state index contributed by atoms with van der Waals surface area (Å²) in [6, 6.07) is 2.07. The van der Waals surface area contributed by atoms with Crippen molar-refractivity contribution in [3.05, 3.63) is 11.4 Å². The first-order valence-corrected chi connectivity index (χ1v) is 7.44. The summed E-state index contributed by atoms with van der Waals surface area (Å²) >= 11 is 1.63. The summed E-state index contributed by atoms with van der Waals surface area (Å²) in [6.45, 7) is 3.90. The molecule has 3 heterocycles. The molecule has 0 saturated carbocycles. The second-order valence-corrected chi connectivity index (χ2v) is 5.69. The number of fused-ring (bicyclic) bond motifs is 1. The molecular formula is C13H18N4OS. The van der Waals surface area contributed by atoms with Crippen molar-refractivity contribution in [3.63, 3.8) is 0 Å². The van der Waals surface area contributed by atoms with Gasteiger partial charge in [-0.3, -0.25) is 0 Å². The van der Waals surface area contributed by atoms with Crippen molar-refractivity contribution in [3.8, 4) is 0 Å². The minimum Gasteiger partial charge on any atom is -0.378 e. The van der Waals surface area contributed by atoms with Gasteiger partial charge in [0, 0.05) is 26.1 Å². The van der Waals surface area contributed by atoms with E-state index in [2.05, 4.69) is 33.6 Å². The fourth-order valence-electron chi connectivity index (χ4n) is 2.37. The van der Waals surface area contributed by atoms with Crippen LogP contribution < -0.4 is 10.6 Å². The first kappa shape index (κ1) is 12.6. The highest BCUT2D eigenvalue weighted by Crippen LogP contribution is 2.27. The summed E-state index contributed by atoms with van der Waals surface area (Å²) in [4.78, 5) is 9.96. The number of hydrogen-bond acceptors (Lipinski definition) is 6. The molecule has 0 aliphatic carbocycles. The molecule has 1 aliphatic heterocycles. The molecule has 102 valence electrons. The van der Waals surface area contributed by atoms with Crippen LogP contribution in [0.25, 0.3) is 10.2 Å². The summed E-state index contributed by atoms with van der Waals surface area (Å²) in [5.74, 6) is 2.13. The molecule has 1 saturated heterocycles. The quantitative estimate of drug-likeness (QED) is 0.900.